The maximum atomic E-state index is 5.26. The summed E-state index contributed by atoms with van der Waals surface area (Å²) in [5.41, 5.74) is 0. The lowest BCUT2D eigenvalue weighted by molar-refractivity contribution is 0.0831. The van der Waals surface area contributed by atoms with Crippen molar-refractivity contribution in [3.8, 4) is 0 Å². The molecular weight excluding hydrogens is 140 g/mol. The van der Waals surface area contributed by atoms with Crippen LogP contribution in [0.4, 0.5) is 0 Å². The van der Waals surface area contributed by atoms with Crippen molar-refractivity contribution in [3.05, 3.63) is 12.3 Å². The Morgan fingerprint density at radius 3 is 2.64 bits per heavy atom. The number of hydrogen-bond donors (Lipinski definition) is 0. The molecule has 0 bridgehead atoms. The Labute approximate surface area is 69.2 Å². The van der Waals surface area contributed by atoms with Crippen LogP contribution in [0.3, 0.4) is 0 Å². The second kappa shape index (κ2) is 9.50. The lowest BCUT2D eigenvalue weighted by Crippen LogP contribution is -2.02. The van der Waals surface area contributed by atoms with Crippen molar-refractivity contribution in [1.29, 1.82) is 0 Å². The zero-order chi connectivity index (χ0) is 8.36. The quantitative estimate of drug-likeness (QED) is 0.418. The van der Waals surface area contributed by atoms with Gasteiger partial charge in [0.25, 0.3) is 0 Å². The minimum atomic E-state index is 0.661. The first-order valence-corrected chi connectivity index (χ1v) is 4.22. The standard InChI is InChI=1S/C9H18O2/c1-3-5-7-11-9-8-10-6-4-2/h4,6H,3,5,7-9H2,1-2H3. The number of unbranched alkanes of at least 4 members (excludes halogenated alkanes) is 1. The van der Waals surface area contributed by atoms with Crippen LogP contribution in [0.2, 0.25) is 0 Å². The van der Waals surface area contributed by atoms with Gasteiger partial charge in [0, 0.05) is 6.61 Å². The van der Waals surface area contributed by atoms with Crippen molar-refractivity contribution in [3.63, 3.8) is 0 Å². The van der Waals surface area contributed by atoms with Gasteiger partial charge in [-0.2, -0.15) is 0 Å². The van der Waals surface area contributed by atoms with E-state index in [1.807, 2.05) is 13.0 Å². The molecule has 0 heterocycles. The molecule has 0 N–H and O–H groups in total. The summed E-state index contributed by atoms with van der Waals surface area (Å²) >= 11 is 0. The molecule has 0 atom stereocenters. The van der Waals surface area contributed by atoms with Gasteiger partial charge in [-0.3, -0.25) is 0 Å². The first-order valence-electron chi connectivity index (χ1n) is 4.22. The Morgan fingerprint density at radius 1 is 1.18 bits per heavy atom. The highest BCUT2D eigenvalue weighted by Crippen LogP contribution is 1.87. The predicted molar refractivity (Wildman–Crippen MR) is 46.5 cm³/mol. The van der Waals surface area contributed by atoms with Crippen LogP contribution in [0.1, 0.15) is 26.7 Å². The van der Waals surface area contributed by atoms with Gasteiger partial charge in [-0.1, -0.05) is 19.4 Å². The topological polar surface area (TPSA) is 18.5 Å². The highest BCUT2D eigenvalue weighted by molar-refractivity contribution is 4.64. The van der Waals surface area contributed by atoms with E-state index in [1.165, 1.54) is 6.42 Å². The van der Waals surface area contributed by atoms with Gasteiger partial charge < -0.3 is 9.47 Å². The summed E-state index contributed by atoms with van der Waals surface area (Å²) in [6.45, 7) is 6.30. The molecular formula is C9H18O2. The Hall–Kier alpha value is -0.500. The van der Waals surface area contributed by atoms with E-state index in [4.69, 9.17) is 9.47 Å². The first-order chi connectivity index (χ1) is 5.41. The molecule has 0 saturated heterocycles. The molecule has 2 heteroatoms. The molecule has 0 aromatic rings. The molecule has 11 heavy (non-hydrogen) atoms. The van der Waals surface area contributed by atoms with Crippen molar-refractivity contribution in [2.45, 2.75) is 26.7 Å². The molecule has 0 aliphatic rings. The minimum Gasteiger partial charge on any atom is -0.499 e. The summed E-state index contributed by atoms with van der Waals surface area (Å²) in [5.74, 6) is 0. The van der Waals surface area contributed by atoms with Gasteiger partial charge in [0.05, 0.1) is 12.9 Å². The first kappa shape index (κ1) is 10.5. The fraction of sp³-hybridized carbons (Fsp3) is 0.778. The van der Waals surface area contributed by atoms with Crippen LogP contribution in [0.25, 0.3) is 0 Å². The molecule has 0 spiro atoms. The van der Waals surface area contributed by atoms with Crippen LogP contribution in [0, 0.1) is 0 Å². The molecule has 0 aliphatic carbocycles. The average Bonchev–Trinajstić information content (AvgIpc) is 2.03. The molecule has 0 aromatic carbocycles. The summed E-state index contributed by atoms with van der Waals surface area (Å²) in [4.78, 5) is 0. The second-order valence-corrected chi connectivity index (χ2v) is 2.31. The lowest BCUT2D eigenvalue weighted by atomic mass is 10.4. The summed E-state index contributed by atoms with van der Waals surface area (Å²) in [5, 5.41) is 0. The second-order valence-electron chi connectivity index (χ2n) is 2.31. The number of allylic oxidation sites excluding steroid dienone is 1. The third-order valence-electron chi connectivity index (χ3n) is 1.22. The van der Waals surface area contributed by atoms with Crippen LogP contribution in [0.5, 0.6) is 0 Å². The third-order valence-corrected chi connectivity index (χ3v) is 1.22. The number of ether oxygens (including phenoxy) is 2. The van der Waals surface area contributed by atoms with Crippen molar-refractivity contribution in [1.82, 2.24) is 0 Å². The van der Waals surface area contributed by atoms with Gasteiger partial charge in [-0.15, -0.1) is 0 Å². The summed E-state index contributed by atoms with van der Waals surface area (Å²) in [6, 6.07) is 0. The smallest absolute Gasteiger partial charge is 0.111 e. The van der Waals surface area contributed by atoms with Gasteiger partial charge in [-0.25, -0.2) is 0 Å². The zero-order valence-corrected chi connectivity index (χ0v) is 7.51. The Balaban J connectivity index is 2.79. The molecule has 0 radical (unpaired) electrons. The molecule has 0 fully saturated rings. The maximum absolute atomic E-state index is 5.26. The van der Waals surface area contributed by atoms with Crippen LogP contribution in [-0.2, 0) is 9.47 Å². The fourth-order valence-corrected chi connectivity index (χ4v) is 0.620. The van der Waals surface area contributed by atoms with Crippen LogP contribution >= 0.6 is 0 Å². The number of hydrogen-bond acceptors (Lipinski definition) is 2. The molecule has 0 saturated carbocycles. The van der Waals surface area contributed by atoms with E-state index in [0.717, 1.165) is 13.0 Å². The van der Waals surface area contributed by atoms with Gasteiger partial charge in [0.2, 0.25) is 0 Å². The lowest BCUT2D eigenvalue weighted by Gasteiger charge is -2.01. The average molecular weight is 158 g/mol. The van der Waals surface area contributed by atoms with Crippen molar-refractivity contribution < 1.29 is 9.47 Å². The maximum Gasteiger partial charge on any atom is 0.111 e. The minimum absolute atomic E-state index is 0.661. The van der Waals surface area contributed by atoms with Gasteiger partial charge in [-0.05, 0) is 13.3 Å². The summed E-state index contributed by atoms with van der Waals surface area (Å²) in [6.07, 6.45) is 5.88. The van der Waals surface area contributed by atoms with E-state index in [9.17, 15) is 0 Å². The van der Waals surface area contributed by atoms with Crippen LogP contribution in [-0.4, -0.2) is 19.8 Å². The zero-order valence-electron chi connectivity index (χ0n) is 7.51. The van der Waals surface area contributed by atoms with E-state index in [0.29, 0.717) is 13.2 Å². The van der Waals surface area contributed by atoms with E-state index in [1.54, 1.807) is 6.26 Å². The SMILES string of the molecule is CC=COCCOCCCC. The Bertz CT molecular complexity index is 89.6. The van der Waals surface area contributed by atoms with Crippen LogP contribution < -0.4 is 0 Å². The molecule has 0 rings (SSSR count). The Kier molecular flexibility index (Phi) is 9.07. The third kappa shape index (κ3) is 9.50. The largest absolute Gasteiger partial charge is 0.499 e. The highest BCUT2D eigenvalue weighted by Gasteiger charge is 1.85. The molecule has 2 nitrogen and oxygen atoms in total. The number of rotatable bonds is 7. The van der Waals surface area contributed by atoms with Crippen LogP contribution in [0.15, 0.2) is 12.3 Å². The Morgan fingerprint density at radius 2 is 2.00 bits per heavy atom. The monoisotopic (exact) mass is 158 g/mol. The summed E-state index contributed by atoms with van der Waals surface area (Å²) in [7, 11) is 0. The summed E-state index contributed by atoms with van der Waals surface area (Å²) < 4.78 is 10.3. The van der Waals surface area contributed by atoms with Crippen molar-refractivity contribution in [2.75, 3.05) is 19.8 Å². The normalized spacial score (nSPS) is 10.7. The van der Waals surface area contributed by atoms with E-state index in [-0.39, 0.29) is 0 Å². The van der Waals surface area contributed by atoms with Gasteiger partial charge in [0.1, 0.15) is 6.61 Å². The van der Waals surface area contributed by atoms with E-state index < -0.39 is 0 Å². The molecule has 0 aliphatic heterocycles. The highest BCUT2D eigenvalue weighted by atomic mass is 16.5. The molecule has 0 amide bonds. The molecule has 0 aromatic heterocycles. The molecule has 0 unspecified atom stereocenters. The van der Waals surface area contributed by atoms with Crippen molar-refractivity contribution in [2.24, 2.45) is 0 Å². The molecule has 66 valence electrons. The predicted octanol–water partition coefficient (Wildman–Crippen LogP) is 2.35. The fourth-order valence-electron chi connectivity index (χ4n) is 0.620. The van der Waals surface area contributed by atoms with Gasteiger partial charge in [0.15, 0.2) is 0 Å². The van der Waals surface area contributed by atoms with Gasteiger partial charge >= 0.3 is 0 Å². The van der Waals surface area contributed by atoms with Crippen molar-refractivity contribution >= 4 is 0 Å². The van der Waals surface area contributed by atoms with E-state index in [2.05, 4.69) is 6.92 Å². The van der Waals surface area contributed by atoms with E-state index >= 15 is 0 Å².